The average Bonchev–Trinajstić information content (AvgIpc) is 2.73. The predicted octanol–water partition coefficient (Wildman–Crippen LogP) is 7.10. The van der Waals surface area contributed by atoms with Gasteiger partial charge in [0, 0.05) is 17.3 Å². The standard InChI is InChI=1S/C24H25ClINO2/c1-3-17-7-11-21(12-8-17)27-15-19-13-22(26)24(23(14-19)28-4-2)29-16-18-5-9-20(25)10-6-18/h5-14,27H,3-4,15-16H2,1-2H3. The number of anilines is 1. The van der Waals surface area contributed by atoms with Gasteiger partial charge in [-0.1, -0.05) is 42.8 Å². The van der Waals surface area contributed by atoms with Crippen molar-refractivity contribution in [3.05, 3.63) is 85.9 Å². The fraction of sp³-hybridized carbons (Fsp3) is 0.250. The highest BCUT2D eigenvalue weighted by Crippen LogP contribution is 2.35. The molecule has 0 aliphatic carbocycles. The SMILES string of the molecule is CCOc1cc(CNc2ccc(CC)cc2)cc(I)c1OCc1ccc(Cl)cc1. The van der Waals surface area contributed by atoms with E-state index in [-0.39, 0.29) is 0 Å². The maximum absolute atomic E-state index is 6.09. The van der Waals surface area contributed by atoms with Gasteiger partial charge in [0.15, 0.2) is 11.5 Å². The van der Waals surface area contributed by atoms with Crippen LogP contribution in [0.3, 0.4) is 0 Å². The maximum atomic E-state index is 6.09. The Morgan fingerprint density at radius 1 is 0.862 bits per heavy atom. The first-order chi connectivity index (χ1) is 14.1. The van der Waals surface area contributed by atoms with Crippen molar-refractivity contribution in [1.29, 1.82) is 0 Å². The molecule has 29 heavy (non-hydrogen) atoms. The van der Waals surface area contributed by atoms with Gasteiger partial charge in [0.05, 0.1) is 10.2 Å². The van der Waals surface area contributed by atoms with Crippen molar-refractivity contribution in [1.82, 2.24) is 0 Å². The van der Waals surface area contributed by atoms with Crippen LogP contribution in [0.25, 0.3) is 0 Å². The first-order valence-corrected chi connectivity index (χ1v) is 11.2. The minimum absolute atomic E-state index is 0.467. The van der Waals surface area contributed by atoms with E-state index in [1.807, 2.05) is 31.2 Å². The van der Waals surface area contributed by atoms with Gasteiger partial charge in [-0.05, 0) is 89.0 Å². The molecule has 1 N–H and O–H groups in total. The first kappa shape index (κ1) is 21.8. The molecule has 3 aromatic carbocycles. The van der Waals surface area contributed by atoms with E-state index in [0.717, 1.165) is 49.9 Å². The van der Waals surface area contributed by atoms with Gasteiger partial charge in [-0.15, -0.1) is 0 Å². The fourth-order valence-electron chi connectivity index (χ4n) is 2.93. The van der Waals surface area contributed by atoms with E-state index < -0.39 is 0 Å². The lowest BCUT2D eigenvalue weighted by Gasteiger charge is -2.16. The smallest absolute Gasteiger partial charge is 0.174 e. The predicted molar refractivity (Wildman–Crippen MR) is 129 cm³/mol. The molecule has 3 nitrogen and oxygen atoms in total. The number of hydrogen-bond donors (Lipinski definition) is 1. The number of rotatable bonds is 9. The Labute approximate surface area is 191 Å². The zero-order valence-corrected chi connectivity index (χ0v) is 19.6. The van der Waals surface area contributed by atoms with Crippen LogP contribution in [0.1, 0.15) is 30.5 Å². The third-order valence-electron chi connectivity index (χ3n) is 4.52. The minimum atomic E-state index is 0.467. The summed E-state index contributed by atoms with van der Waals surface area (Å²) >= 11 is 8.27. The van der Waals surface area contributed by atoms with Crippen LogP contribution in [0, 0.1) is 3.57 Å². The number of halogens is 2. The van der Waals surface area contributed by atoms with Gasteiger partial charge in [-0.25, -0.2) is 0 Å². The topological polar surface area (TPSA) is 30.5 Å². The molecule has 3 aromatic rings. The van der Waals surface area contributed by atoms with Crippen molar-refractivity contribution in [2.75, 3.05) is 11.9 Å². The largest absolute Gasteiger partial charge is 0.490 e. The van der Waals surface area contributed by atoms with Crippen LogP contribution < -0.4 is 14.8 Å². The number of ether oxygens (including phenoxy) is 2. The summed E-state index contributed by atoms with van der Waals surface area (Å²) < 4.78 is 13.0. The molecule has 0 saturated heterocycles. The van der Waals surface area contributed by atoms with Gasteiger partial charge < -0.3 is 14.8 Å². The Hall–Kier alpha value is -1.92. The second kappa shape index (κ2) is 10.7. The van der Waals surface area contributed by atoms with Crippen LogP contribution in [-0.2, 0) is 19.6 Å². The zero-order valence-electron chi connectivity index (χ0n) is 16.7. The molecular formula is C24H25ClINO2. The summed E-state index contributed by atoms with van der Waals surface area (Å²) in [6.07, 6.45) is 1.05. The Balaban J connectivity index is 1.71. The summed E-state index contributed by atoms with van der Waals surface area (Å²) in [6.45, 7) is 5.92. The van der Waals surface area contributed by atoms with E-state index >= 15 is 0 Å². The molecule has 0 saturated carbocycles. The van der Waals surface area contributed by atoms with Crippen LogP contribution in [0.2, 0.25) is 5.02 Å². The van der Waals surface area contributed by atoms with E-state index in [4.69, 9.17) is 21.1 Å². The molecule has 3 rings (SSSR count). The van der Waals surface area contributed by atoms with Crippen LogP contribution in [0.4, 0.5) is 5.69 Å². The lowest BCUT2D eigenvalue weighted by molar-refractivity contribution is 0.267. The van der Waals surface area contributed by atoms with Gasteiger partial charge >= 0.3 is 0 Å². The van der Waals surface area contributed by atoms with E-state index in [1.165, 1.54) is 5.56 Å². The van der Waals surface area contributed by atoms with Gasteiger partial charge in [-0.2, -0.15) is 0 Å². The number of aryl methyl sites for hydroxylation is 1. The van der Waals surface area contributed by atoms with Crippen molar-refractivity contribution in [2.45, 2.75) is 33.4 Å². The normalized spacial score (nSPS) is 10.6. The van der Waals surface area contributed by atoms with Crippen molar-refractivity contribution in [3.63, 3.8) is 0 Å². The zero-order chi connectivity index (χ0) is 20.6. The van der Waals surface area contributed by atoms with Crippen molar-refractivity contribution in [3.8, 4) is 11.5 Å². The summed E-state index contributed by atoms with van der Waals surface area (Å²) in [5, 5.41) is 4.20. The van der Waals surface area contributed by atoms with E-state index in [2.05, 4.69) is 71.2 Å². The minimum Gasteiger partial charge on any atom is -0.490 e. The maximum Gasteiger partial charge on any atom is 0.174 e. The summed E-state index contributed by atoms with van der Waals surface area (Å²) in [6, 6.07) is 20.4. The highest BCUT2D eigenvalue weighted by atomic mass is 127. The third kappa shape index (κ3) is 6.28. The molecule has 0 atom stereocenters. The quantitative estimate of drug-likeness (QED) is 0.305. The van der Waals surface area contributed by atoms with Crippen molar-refractivity contribution < 1.29 is 9.47 Å². The average molecular weight is 522 g/mol. The van der Waals surface area contributed by atoms with Gasteiger partial charge in [0.25, 0.3) is 0 Å². The van der Waals surface area contributed by atoms with Crippen molar-refractivity contribution in [2.24, 2.45) is 0 Å². The number of benzene rings is 3. The summed E-state index contributed by atoms with van der Waals surface area (Å²) in [7, 11) is 0. The molecule has 0 aromatic heterocycles. The van der Waals surface area contributed by atoms with Crippen molar-refractivity contribution >= 4 is 39.9 Å². The molecule has 0 spiro atoms. The number of hydrogen-bond acceptors (Lipinski definition) is 3. The first-order valence-electron chi connectivity index (χ1n) is 9.74. The van der Waals surface area contributed by atoms with Crippen LogP contribution >= 0.6 is 34.2 Å². The second-order valence-electron chi connectivity index (χ2n) is 6.66. The van der Waals surface area contributed by atoms with Crippen LogP contribution in [0.15, 0.2) is 60.7 Å². The Kier molecular flexibility index (Phi) is 8.07. The lowest BCUT2D eigenvalue weighted by Crippen LogP contribution is -2.05. The second-order valence-corrected chi connectivity index (χ2v) is 8.26. The lowest BCUT2D eigenvalue weighted by atomic mass is 10.1. The van der Waals surface area contributed by atoms with E-state index in [0.29, 0.717) is 13.2 Å². The van der Waals surface area contributed by atoms with E-state index in [1.54, 1.807) is 0 Å². The molecule has 5 heteroatoms. The highest BCUT2D eigenvalue weighted by Gasteiger charge is 2.13. The molecular weight excluding hydrogens is 497 g/mol. The molecule has 0 amide bonds. The summed E-state index contributed by atoms with van der Waals surface area (Å²) in [4.78, 5) is 0. The van der Waals surface area contributed by atoms with Gasteiger partial charge in [-0.3, -0.25) is 0 Å². The molecule has 0 fully saturated rings. The van der Waals surface area contributed by atoms with E-state index in [9.17, 15) is 0 Å². The van der Waals surface area contributed by atoms with Crippen LogP contribution in [0.5, 0.6) is 11.5 Å². The third-order valence-corrected chi connectivity index (χ3v) is 5.58. The molecule has 0 aliphatic rings. The molecule has 0 unspecified atom stereocenters. The highest BCUT2D eigenvalue weighted by molar-refractivity contribution is 14.1. The Morgan fingerprint density at radius 3 is 2.21 bits per heavy atom. The Morgan fingerprint density at radius 2 is 1.55 bits per heavy atom. The fourth-order valence-corrected chi connectivity index (χ4v) is 3.87. The molecule has 0 aliphatic heterocycles. The molecule has 0 bridgehead atoms. The molecule has 0 radical (unpaired) electrons. The summed E-state index contributed by atoms with van der Waals surface area (Å²) in [5.41, 5.74) is 4.66. The van der Waals surface area contributed by atoms with Gasteiger partial charge in [0.1, 0.15) is 6.61 Å². The Bertz CT molecular complexity index is 927. The molecule has 0 heterocycles. The van der Waals surface area contributed by atoms with Gasteiger partial charge in [0.2, 0.25) is 0 Å². The monoisotopic (exact) mass is 521 g/mol. The number of nitrogens with one attached hydrogen (secondary N) is 1. The summed E-state index contributed by atoms with van der Waals surface area (Å²) in [5.74, 6) is 1.55. The molecule has 152 valence electrons. The van der Waals surface area contributed by atoms with Crippen LogP contribution in [-0.4, -0.2) is 6.61 Å².